The van der Waals surface area contributed by atoms with Gasteiger partial charge in [0, 0.05) is 13.0 Å². The summed E-state index contributed by atoms with van der Waals surface area (Å²) in [5.74, 6) is -7.48. The Labute approximate surface area is 283 Å². The summed E-state index contributed by atoms with van der Waals surface area (Å²) in [6.45, 7) is 1.38. The second-order valence-electron chi connectivity index (χ2n) is 12.0. The van der Waals surface area contributed by atoms with Gasteiger partial charge in [-0.3, -0.25) is 33.6 Å². The lowest BCUT2D eigenvalue weighted by Crippen LogP contribution is -2.58. The Balaban J connectivity index is 2.86. The van der Waals surface area contributed by atoms with Crippen LogP contribution in [0.4, 0.5) is 0 Å². The number of carbonyl (C=O) groups excluding carboxylic acids is 7. The minimum atomic E-state index is -1.58. The molecule has 0 unspecified atom stereocenters. The molecule has 0 radical (unpaired) electrons. The highest BCUT2D eigenvalue weighted by Gasteiger charge is 2.37. The number of hydrogen-bond donors (Lipinski definition) is 11. The van der Waals surface area contributed by atoms with Crippen molar-refractivity contribution in [2.24, 2.45) is 23.1 Å². The molecule has 0 aromatic carbocycles. The summed E-state index contributed by atoms with van der Waals surface area (Å²) in [5.41, 5.74) is 16.5. The van der Waals surface area contributed by atoms with Gasteiger partial charge in [0.2, 0.25) is 41.4 Å². The molecule has 0 bridgehead atoms. The van der Waals surface area contributed by atoms with Crippen molar-refractivity contribution in [3.05, 3.63) is 0 Å². The Morgan fingerprint density at radius 3 is 1.98 bits per heavy atom. The van der Waals surface area contributed by atoms with Gasteiger partial charge in [-0.15, -0.1) is 0 Å². The van der Waals surface area contributed by atoms with Crippen LogP contribution < -0.4 is 43.8 Å². The molecule has 49 heavy (non-hydrogen) atoms. The molecule has 0 aromatic heterocycles. The Bertz CT molecular complexity index is 1190. The Morgan fingerprint density at radius 2 is 1.43 bits per heavy atom. The van der Waals surface area contributed by atoms with E-state index < -0.39 is 109 Å². The van der Waals surface area contributed by atoms with Gasteiger partial charge in [-0.1, -0.05) is 20.3 Å². The van der Waals surface area contributed by atoms with Crippen molar-refractivity contribution in [2.75, 3.05) is 32.8 Å². The second kappa shape index (κ2) is 21.5. The Hall–Kier alpha value is -4.40. The number of unbranched alkanes of at least 4 members (excludes halogenated alkanes) is 1. The maximum absolute atomic E-state index is 13.1. The summed E-state index contributed by atoms with van der Waals surface area (Å²) in [6.07, 6.45) is 1.63. The van der Waals surface area contributed by atoms with Crippen molar-refractivity contribution < 1.29 is 53.7 Å². The van der Waals surface area contributed by atoms with E-state index in [0.29, 0.717) is 25.8 Å². The average Bonchev–Trinajstić information content (AvgIpc) is 3.55. The molecule has 20 heteroatoms. The second-order valence-corrected chi connectivity index (χ2v) is 12.0. The molecule has 1 fully saturated rings. The minimum Gasteiger partial charge on any atom is -0.480 e. The first-order valence-corrected chi connectivity index (χ1v) is 16.0. The quantitative estimate of drug-likeness (QED) is 0.0470. The molecule has 1 heterocycles. The van der Waals surface area contributed by atoms with Crippen LogP contribution in [-0.4, -0.2) is 137 Å². The highest BCUT2D eigenvalue weighted by molar-refractivity contribution is 5.96. The summed E-state index contributed by atoms with van der Waals surface area (Å²) in [6, 6.07) is -7.65. The Morgan fingerprint density at radius 1 is 0.816 bits per heavy atom. The van der Waals surface area contributed by atoms with Gasteiger partial charge in [-0.2, -0.15) is 0 Å². The fourth-order valence-corrected chi connectivity index (χ4v) is 4.90. The number of aliphatic carboxylic acids is 1. The molecule has 6 atom stereocenters. The van der Waals surface area contributed by atoms with Crippen LogP contribution in [-0.2, 0) is 38.4 Å². The van der Waals surface area contributed by atoms with E-state index in [-0.39, 0.29) is 32.2 Å². The van der Waals surface area contributed by atoms with E-state index in [1.165, 1.54) is 4.90 Å². The van der Waals surface area contributed by atoms with Crippen molar-refractivity contribution in [3.63, 3.8) is 0 Å². The maximum atomic E-state index is 13.1. The van der Waals surface area contributed by atoms with Gasteiger partial charge in [-0.05, 0) is 44.6 Å². The number of carboxylic acids is 1. The molecule has 7 amide bonds. The number of aliphatic hydroxyl groups excluding tert-OH is 2. The number of nitrogens with zero attached hydrogens (tertiary/aromatic N) is 1. The van der Waals surface area contributed by atoms with E-state index in [9.17, 15) is 48.6 Å². The number of carboxylic acid groups (broad SMARTS) is 1. The van der Waals surface area contributed by atoms with Gasteiger partial charge in [0.25, 0.3) is 0 Å². The fourth-order valence-electron chi connectivity index (χ4n) is 4.90. The topological polar surface area (TPSA) is 339 Å². The molecule has 0 aromatic rings. The minimum absolute atomic E-state index is 0.146. The first kappa shape index (κ1) is 42.6. The molecular weight excluding hydrogens is 650 g/mol. The zero-order chi connectivity index (χ0) is 37.3. The summed E-state index contributed by atoms with van der Waals surface area (Å²) in [4.78, 5) is 101. The highest BCUT2D eigenvalue weighted by Crippen LogP contribution is 2.18. The monoisotopic (exact) mass is 701 g/mol. The van der Waals surface area contributed by atoms with Gasteiger partial charge in [0.05, 0.1) is 25.8 Å². The van der Waals surface area contributed by atoms with Crippen LogP contribution in [0.25, 0.3) is 0 Å². The van der Waals surface area contributed by atoms with E-state index in [0.717, 1.165) is 0 Å². The van der Waals surface area contributed by atoms with Gasteiger partial charge >= 0.3 is 5.97 Å². The summed E-state index contributed by atoms with van der Waals surface area (Å²) in [7, 11) is 0. The van der Waals surface area contributed by atoms with Crippen LogP contribution in [0, 0.1) is 5.92 Å². The van der Waals surface area contributed by atoms with Crippen molar-refractivity contribution in [1.82, 2.24) is 31.5 Å². The molecule has 0 spiro atoms. The van der Waals surface area contributed by atoms with Gasteiger partial charge in [-0.25, -0.2) is 4.79 Å². The van der Waals surface area contributed by atoms with Crippen LogP contribution in [0.1, 0.15) is 58.8 Å². The fraction of sp³-hybridized carbons (Fsp3) is 0.724. The van der Waals surface area contributed by atoms with E-state index in [2.05, 4.69) is 26.6 Å². The SMILES string of the molecule is CC(C)[C@H](NC(=O)[C@@H]1CCCN1C(=O)CNC(=O)[C@H](CO)NC(=O)[C@H](CCC(N)=O)NC(=O)[C@@H](N)CCCCN)C(=O)N[C@@H](CO)C(=O)O. The number of hydrogen-bond acceptors (Lipinski definition) is 12. The lowest BCUT2D eigenvalue weighted by atomic mass is 10.0. The molecule has 0 saturated carbocycles. The number of primary amides is 1. The highest BCUT2D eigenvalue weighted by atomic mass is 16.4. The average molecular weight is 702 g/mol. The van der Waals surface area contributed by atoms with Crippen molar-refractivity contribution in [1.29, 1.82) is 0 Å². The molecule has 1 rings (SSSR count). The number of rotatable bonds is 22. The summed E-state index contributed by atoms with van der Waals surface area (Å²) >= 11 is 0. The molecule has 1 saturated heterocycles. The van der Waals surface area contributed by atoms with Crippen molar-refractivity contribution in [2.45, 2.75) is 95.0 Å². The first-order valence-electron chi connectivity index (χ1n) is 16.0. The third-order valence-corrected chi connectivity index (χ3v) is 7.77. The molecule has 1 aliphatic heterocycles. The molecule has 0 aliphatic carbocycles. The van der Waals surface area contributed by atoms with Crippen LogP contribution in [0.3, 0.4) is 0 Å². The van der Waals surface area contributed by atoms with Gasteiger partial charge < -0.3 is 64.0 Å². The summed E-state index contributed by atoms with van der Waals surface area (Å²) < 4.78 is 0. The third-order valence-electron chi connectivity index (χ3n) is 7.77. The molecule has 20 nitrogen and oxygen atoms in total. The zero-order valence-corrected chi connectivity index (χ0v) is 27.8. The number of nitrogens with one attached hydrogen (secondary N) is 5. The number of likely N-dealkylation sites (tertiary alicyclic amines) is 1. The van der Waals surface area contributed by atoms with Crippen molar-refractivity contribution in [3.8, 4) is 0 Å². The van der Waals surface area contributed by atoms with E-state index in [4.69, 9.17) is 22.3 Å². The Kier molecular flexibility index (Phi) is 18.7. The van der Waals surface area contributed by atoms with Gasteiger partial charge in [0.1, 0.15) is 30.2 Å². The van der Waals surface area contributed by atoms with Crippen LogP contribution in [0.15, 0.2) is 0 Å². The van der Waals surface area contributed by atoms with E-state index in [1.807, 2.05) is 0 Å². The maximum Gasteiger partial charge on any atom is 0.328 e. The van der Waals surface area contributed by atoms with Crippen LogP contribution in [0.2, 0.25) is 0 Å². The van der Waals surface area contributed by atoms with Gasteiger partial charge in [0.15, 0.2) is 0 Å². The zero-order valence-electron chi connectivity index (χ0n) is 27.8. The first-order chi connectivity index (χ1) is 23.1. The predicted octanol–water partition coefficient (Wildman–Crippen LogP) is -5.52. The van der Waals surface area contributed by atoms with E-state index >= 15 is 0 Å². The van der Waals surface area contributed by atoms with E-state index in [1.54, 1.807) is 13.8 Å². The number of aliphatic hydroxyl groups is 2. The molecule has 278 valence electrons. The largest absolute Gasteiger partial charge is 0.480 e. The lowest BCUT2D eigenvalue weighted by molar-refractivity contribution is -0.144. The number of nitrogens with two attached hydrogens (primary N) is 3. The standard InChI is InChI=1S/C29H51N9O11/c1-15(2)23(28(47)36-19(14-40)29(48)49)37-27(46)20-7-5-11-38(20)22(42)12-33-25(44)18(13-39)35-26(45)17(8-9-21(32)41)34-24(43)16(31)6-3-4-10-30/h15-20,23,39-40H,3-14,30-31H2,1-2H3,(H2,32,41)(H,33,44)(H,34,43)(H,35,45)(H,36,47)(H,37,46)(H,48,49)/t16-,17-,18-,19-,20-,23-/m0/s1. The smallest absolute Gasteiger partial charge is 0.328 e. The molecule has 14 N–H and O–H groups in total. The third kappa shape index (κ3) is 14.3. The predicted molar refractivity (Wildman–Crippen MR) is 171 cm³/mol. The normalized spacial score (nSPS) is 17.2. The molecular formula is C29H51N9O11. The number of carbonyl (C=O) groups is 8. The van der Waals surface area contributed by atoms with Crippen molar-refractivity contribution >= 4 is 47.3 Å². The molecule has 1 aliphatic rings. The van der Waals surface area contributed by atoms with Crippen LogP contribution in [0.5, 0.6) is 0 Å². The lowest BCUT2D eigenvalue weighted by Gasteiger charge is -2.28. The summed E-state index contributed by atoms with van der Waals surface area (Å²) in [5, 5.41) is 39.8. The van der Waals surface area contributed by atoms with Crippen LogP contribution >= 0.6 is 0 Å². The number of amides is 7.